The van der Waals surface area contributed by atoms with E-state index < -0.39 is 0 Å². The molecule has 0 radical (unpaired) electrons. The van der Waals surface area contributed by atoms with Crippen molar-refractivity contribution >= 4 is 5.91 Å². The van der Waals surface area contributed by atoms with Crippen LogP contribution in [-0.4, -0.2) is 41.5 Å². The monoisotopic (exact) mass is 245 g/mol. The van der Waals surface area contributed by atoms with Crippen LogP contribution in [0.4, 0.5) is 0 Å². The molecule has 96 valence electrons. The molecule has 0 aromatic carbocycles. The van der Waals surface area contributed by atoms with Crippen molar-refractivity contribution in [2.24, 2.45) is 5.92 Å². The van der Waals surface area contributed by atoms with Crippen molar-refractivity contribution in [2.75, 3.05) is 19.6 Å². The van der Waals surface area contributed by atoms with Crippen LogP contribution in [0.15, 0.2) is 24.4 Å². The van der Waals surface area contributed by atoms with E-state index in [0.29, 0.717) is 11.6 Å². The highest BCUT2D eigenvalue weighted by Gasteiger charge is 2.34. The van der Waals surface area contributed by atoms with Crippen LogP contribution in [0.25, 0.3) is 0 Å². The van der Waals surface area contributed by atoms with Crippen molar-refractivity contribution < 1.29 is 4.79 Å². The van der Waals surface area contributed by atoms with Crippen molar-refractivity contribution in [3.05, 3.63) is 30.1 Å². The van der Waals surface area contributed by atoms with Gasteiger partial charge in [-0.1, -0.05) is 6.07 Å². The second kappa shape index (κ2) is 5.06. The summed E-state index contributed by atoms with van der Waals surface area (Å²) in [6.45, 7) is 3.13. The quantitative estimate of drug-likeness (QED) is 0.869. The van der Waals surface area contributed by atoms with Gasteiger partial charge in [0, 0.05) is 25.3 Å². The molecule has 1 N–H and O–H groups in total. The zero-order valence-electron chi connectivity index (χ0n) is 10.5. The number of pyridine rings is 1. The summed E-state index contributed by atoms with van der Waals surface area (Å²) in [6, 6.07) is 6.26. The number of nitrogens with zero attached hydrogens (tertiary/aromatic N) is 2. The highest BCUT2D eigenvalue weighted by atomic mass is 16.1. The number of aromatic nitrogens is 1. The molecule has 0 bridgehead atoms. The Morgan fingerprint density at radius 3 is 3.00 bits per heavy atom. The average molecular weight is 245 g/mol. The minimum Gasteiger partial charge on any atom is -0.350 e. The van der Waals surface area contributed by atoms with Gasteiger partial charge < -0.3 is 10.2 Å². The third-order valence-corrected chi connectivity index (χ3v) is 3.83. The second-order valence-corrected chi connectivity index (χ2v) is 5.31. The van der Waals surface area contributed by atoms with Crippen molar-refractivity contribution in [1.82, 2.24) is 15.2 Å². The number of carbonyl (C=O) groups is 1. The summed E-state index contributed by atoms with van der Waals surface area (Å²) >= 11 is 0. The maximum absolute atomic E-state index is 11.8. The third-order valence-electron chi connectivity index (χ3n) is 3.83. The minimum atomic E-state index is -0.0551. The van der Waals surface area contributed by atoms with Gasteiger partial charge in [0.25, 0.3) is 5.91 Å². The molecule has 1 aliphatic heterocycles. The predicted octanol–water partition coefficient (Wildman–Crippen LogP) is 1.30. The molecule has 1 saturated heterocycles. The van der Waals surface area contributed by atoms with Crippen molar-refractivity contribution in [1.29, 1.82) is 0 Å². The first-order valence-electron chi connectivity index (χ1n) is 6.76. The van der Waals surface area contributed by atoms with Crippen LogP contribution in [0.2, 0.25) is 0 Å². The Kier molecular flexibility index (Phi) is 3.28. The van der Waals surface area contributed by atoms with E-state index in [4.69, 9.17) is 0 Å². The Morgan fingerprint density at radius 2 is 2.28 bits per heavy atom. The first-order valence-corrected chi connectivity index (χ1v) is 6.76. The van der Waals surface area contributed by atoms with Gasteiger partial charge in [-0.25, -0.2) is 0 Å². The average Bonchev–Trinajstić information content (AvgIpc) is 3.16. The van der Waals surface area contributed by atoms with Crippen LogP contribution in [0.3, 0.4) is 0 Å². The topological polar surface area (TPSA) is 45.2 Å². The fourth-order valence-electron chi connectivity index (χ4n) is 2.63. The molecular weight excluding hydrogens is 226 g/mol. The van der Waals surface area contributed by atoms with Gasteiger partial charge in [-0.05, 0) is 43.9 Å². The molecule has 18 heavy (non-hydrogen) atoms. The van der Waals surface area contributed by atoms with Gasteiger partial charge in [0.15, 0.2) is 0 Å². The standard InChI is InChI=1S/C14H19N3O/c18-14(13-3-1-2-7-15-13)16-9-11-6-8-17(10-11)12-4-5-12/h1-3,7,11-12H,4-6,8-10H2,(H,16,18). The van der Waals surface area contributed by atoms with E-state index in [9.17, 15) is 4.79 Å². The van der Waals surface area contributed by atoms with E-state index in [2.05, 4.69) is 15.2 Å². The molecule has 3 rings (SSSR count). The molecule has 1 unspecified atom stereocenters. The summed E-state index contributed by atoms with van der Waals surface area (Å²) < 4.78 is 0. The molecule has 2 aliphatic rings. The zero-order valence-corrected chi connectivity index (χ0v) is 10.5. The van der Waals surface area contributed by atoms with E-state index in [0.717, 1.165) is 19.1 Å². The van der Waals surface area contributed by atoms with Gasteiger partial charge in [-0.3, -0.25) is 9.78 Å². The first kappa shape index (κ1) is 11.7. The Balaban J connectivity index is 1.45. The normalized spacial score (nSPS) is 24.1. The molecule has 0 spiro atoms. The maximum Gasteiger partial charge on any atom is 0.269 e. The van der Waals surface area contributed by atoms with Gasteiger partial charge in [-0.2, -0.15) is 0 Å². The molecular formula is C14H19N3O. The number of likely N-dealkylation sites (tertiary alicyclic amines) is 1. The fourth-order valence-corrected chi connectivity index (χ4v) is 2.63. The van der Waals surface area contributed by atoms with E-state index in [-0.39, 0.29) is 5.91 Å². The Morgan fingerprint density at radius 1 is 1.39 bits per heavy atom. The Bertz CT molecular complexity index is 416. The first-order chi connectivity index (χ1) is 8.83. The molecule has 4 nitrogen and oxygen atoms in total. The molecule has 1 aromatic rings. The third kappa shape index (κ3) is 2.70. The lowest BCUT2D eigenvalue weighted by molar-refractivity contribution is 0.0942. The number of amides is 1. The number of nitrogens with one attached hydrogen (secondary N) is 1. The summed E-state index contributed by atoms with van der Waals surface area (Å²) in [5.74, 6) is 0.554. The number of carbonyl (C=O) groups excluding carboxylic acids is 1. The van der Waals surface area contributed by atoms with Crippen LogP contribution >= 0.6 is 0 Å². The molecule has 4 heteroatoms. The SMILES string of the molecule is O=C(NCC1CCN(C2CC2)C1)c1ccccn1. The Labute approximate surface area is 107 Å². The van der Waals surface area contributed by atoms with E-state index in [1.54, 1.807) is 12.3 Å². The molecule has 2 heterocycles. The largest absolute Gasteiger partial charge is 0.350 e. The van der Waals surface area contributed by atoms with E-state index in [1.807, 2.05) is 12.1 Å². The molecule has 1 atom stereocenters. The summed E-state index contributed by atoms with van der Waals surface area (Å²) in [6.07, 6.45) is 5.60. The van der Waals surface area contributed by atoms with Gasteiger partial charge in [0.2, 0.25) is 0 Å². The Hall–Kier alpha value is -1.42. The number of rotatable bonds is 4. The molecule has 2 fully saturated rings. The summed E-state index contributed by atoms with van der Waals surface area (Å²) in [5, 5.41) is 2.99. The van der Waals surface area contributed by atoms with Gasteiger partial charge >= 0.3 is 0 Å². The van der Waals surface area contributed by atoms with Crippen LogP contribution < -0.4 is 5.32 Å². The smallest absolute Gasteiger partial charge is 0.269 e. The lowest BCUT2D eigenvalue weighted by atomic mass is 10.1. The highest BCUT2D eigenvalue weighted by Crippen LogP contribution is 2.31. The van der Waals surface area contributed by atoms with Gasteiger partial charge in [0.05, 0.1) is 0 Å². The van der Waals surface area contributed by atoms with Crippen LogP contribution in [-0.2, 0) is 0 Å². The summed E-state index contributed by atoms with van der Waals surface area (Å²) in [4.78, 5) is 18.5. The van der Waals surface area contributed by atoms with Crippen LogP contribution in [0.1, 0.15) is 29.8 Å². The van der Waals surface area contributed by atoms with Gasteiger partial charge in [-0.15, -0.1) is 0 Å². The van der Waals surface area contributed by atoms with Crippen molar-refractivity contribution in [3.63, 3.8) is 0 Å². The molecule has 1 amide bonds. The summed E-state index contributed by atoms with van der Waals surface area (Å²) in [5.41, 5.74) is 0.509. The zero-order chi connectivity index (χ0) is 12.4. The van der Waals surface area contributed by atoms with E-state index >= 15 is 0 Å². The minimum absolute atomic E-state index is 0.0551. The fraction of sp³-hybridized carbons (Fsp3) is 0.571. The predicted molar refractivity (Wildman–Crippen MR) is 69.3 cm³/mol. The van der Waals surface area contributed by atoms with Crippen LogP contribution in [0, 0.1) is 5.92 Å². The van der Waals surface area contributed by atoms with Gasteiger partial charge in [0.1, 0.15) is 5.69 Å². The molecule has 1 aliphatic carbocycles. The maximum atomic E-state index is 11.8. The molecule has 1 saturated carbocycles. The highest BCUT2D eigenvalue weighted by molar-refractivity contribution is 5.92. The molecule has 1 aromatic heterocycles. The van der Waals surface area contributed by atoms with Crippen molar-refractivity contribution in [2.45, 2.75) is 25.3 Å². The number of hydrogen-bond acceptors (Lipinski definition) is 3. The van der Waals surface area contributed by atoms with E-state index in [1.165, 1.54) is 25.8 Å². The second-order valence-electron chi connectivity index (χ2n) is 5.31. The van der Waals surface area contributed by atoms with Crippen LogP contribution in [0.5, 0.6) is 0 Å². The lowest BCUT2D eigenvalue weighted by Crippen LogP contribution is -2.31. The lowest BCUT2D eigenvalue weighted by Gasteiger charge is -2.15. The van der Waals surface area contributed by atoms with Crippen molar-refractivity contribution in [3.8, 4) is 0 Å². The summed E-state index contributed by atoms with van der Waals surface area (Å²) in [7, 11) is 0. The number of hydrogen-bond donors (Lipinski definition) is 1.